The monoisotopic (exact) mass is 621 g/mol. The predicted octanol–water partition coefficient (Wildman–Crippen LogP) is 7.95. The van der Waals surface area contributed by atoms with Crippen molar-refractivity contribution in [1.29, 1.82) is 0 Å². The van der Waals surface area contributed by atoms with Crippen LogP contribution in [0.1, 0.15) is 70.4 Å². The largest absolute Gasteiger partial charge is 0.479 e. The van der Waals surface area contributed by atoms with Crippen LogP contribution in [0.15, 0.2) is 65.5 Å². The number of pyridine rings is 1. The van der Waals surface area contributed by atoms with Gasteiger partial charge in [0.1, 0.15) is 17.4 Å². The van der Waals surface area contributed by atoms with Crippen molar-refractivity contribution >= 4 is 39.5 Å². The van der Waals surface area contributed by atoms with Crippen LogP contribution in [0.3, 0.4) is 0 Å². The van der Waals surface area contributed by atoms with Gasteiger partial charge >= 0.3 is 5.97 Å². The third-order valence-corrected chi connectivity index (χ3v) is 8.86. The SMILES string of the molecule is Cc1ncc(-c2ccc(CN(C)c3ncnc4c3oc3ccccc34)cc2)c(N2CCC(C)(C)CC2)c1[C@H](OC(C)(C)C)C(=O)O. The second-order valence-corrected chi connectivity index (χ2v) is 14.1. The molecule has 0 radical (unpaired) electrons. The van der Waals surface area contributed by atoms with Crippen molar-refractivity contribution in [2.75, 3.05) is 29.9 Å². The molecule has 1 saturated heterocycles. The molecule has 1 aliphatic heterocycles. The zero-order valence-corrected chi connectivity index (χ0v) is 27.8. The van der Waals surface area contributed by atoms with E-state index in [4.69, 9.17) is 14.1 Å². The van der Waals surface area contributed by atoms with Crippen LogP contribution >= 0.6 is 0 Å². The Bertz CT molecular complexity index is 1880. The molecule has 6 rings (SSSR count). The fraction of sp³-hybridized carbons (Fsp3) is 0.405. The summed E-state index contributed by atoms with van der Waals surface area (Å²) in [6.07, 6.45) is 4.34. The van der Waals surface area contributed by atoms with Crippen molar-refractivity contribution in [3.63, 3.8) is 0 Å². The zero-order chi connectivity index (χ0) is 32.8. The van der Waals surface area contributed by atoms with Gasteiger partial charge in [-0.2, -0.15) is 0 Å². The van der Waals surface area contributed by atoms with E-state index in [-0.39, 0.29) is 5.41 Å². The van der Waals surface area contributed by atoms with Gasteiger partial charge in [-0.05, 0) is 69.2 Å². The molecule has 0 spiro atoms. The molecule has 1 atom stereocenters. The van der Waals surface area contributed by atoms with E-state index in [0.717, 1.165) is 70.6 Å². The molecule has 9 heteroatoms. The number of aliphatic carboxylic acids is 1. The molecule has 0 saturated carbocycles. The van der Waals surface area contributed by atoms with Gasteiger partial charge in [0.2, 0.25) is 0 Å². The average molecular weight is 622 g/mol. The lowest BCUT2D eigenvalue weighted by Crippen LogP contribution is -2.39. The minimum absolute atomic E-state index is 0.234. The molecule has 1 N–H and O–H groups in total. The number of anilines is 2. The van der Waals surface area contributed by atoms with Crippen LogP contribution in [0.25, 0.3) is 33.2 Å². The number of nitrogens with zero attached hydrogens (tertiary/aromatic N) is 5. The van der Waals surface area contributed by atoms with Gasteiger partial charge in [-0.15, -0.1) is 0 Å². The van der Waals surface area contributed by atoms with Crippen molar-refractivity contribution in [1.82, 2.24) is 15.0 Å². The summed E-state index contributed by atoms with van der Waals surface area (Å²) in [5.74, 6) is -0.288. The highest BCUT2D eigenvalue weighted by atomic mass is 16.5. The summed E-state index contributed by atoms with van der Waals surface area (Å²) in [6, 6.07) is 16.3. The molecule has 0 aliphatic carbocycles. The number of carboxylic acids is 1. The molecule has 0 bridgehead atoms. The van der Waals surface area contributed by atoms with E-state index in [1.165, 1.54) is 0 Å². The average Bonchev–Trinajstić information content (AvgIpc) is 3.39. The second-order valence-electron chi connectivity index (χ2n) is 14.1. The van der Waals surface area contributed by atoms with Crippen LogP contribution in [0, 0.1) is 12.3 Å². The normalized spacial score (nSPS) is 15.8. The predicted molar refractivity (Wildman–Crippen MR) is 182 cm³/mol. The highest BCUT2D eigenvalue weighted by Crippen LogP contribution is 2.43. The number of benzene rings is 2. The van der Waals surface area contributed by atoms with Gasteiger partial charge < -0.3 is 24.1 Å². The molecule has 5 aromatic rings. The van der Waals surface area contributed by atoms with Crippen LogP contribution < -0.4 is 9.80 Å². The summed E-state index contributed by atoms with van der Waals surface area (Å²) in [5.41, 5.74) is 7.00. The lowest BCUT2D eigenvalue weighted by molar-refractivity contribution is -0.160. The van der Waals surface area contributed by atoms with Crippen LogP contribution in [-0.2, 0) is 16.1 Å². The number of aryl methyl sites for hydroxylation is 1. The number of ether oxygens (including phenoxy) is 1. The Balaban J connectivity index is 1.36. The number of carbonyl (C=O) groups is 1. The van der Waals surface area contributed by atoms with E-state index in [1.807, 2.05) is 65.2 Å². The number of piperidine rings is 1. The topological polar surface area (TPSA) is 105 Å². The van der Waals surface area contributed by atoms with Crippen LogP contribution in [0.5, 0.6) is 0 Å². The number of carboxylic acid groups (broad SMARTS) is 1. The smallest absolute Gasteiger partial charge is 0.337 e. The second kappa shape index (κ2) is 12.0. The van der Waals surface area contributed by atoms with E-state index in [0.29, 0.717) is 23.4 Å². The molecule has 2 aromatic carbocycles. The zero-order valence-electron chi connectivity index (χ0n) is 27.8. The first kappa shape index (κ1) is 31.5. The molecule has 3 aromatic heterocycles. The van der Waals surface area contributed by atoms with E-state index in [2.05, 4.69) is 57.9 Å². The van der Waals surface area contributed by atoms with Crippen LogP contribution in [0.4, 0.5) is 11.5 Å². The quantitative estimate of drug-likeness (QED) is 0.185. The van der Waals surface area contributed by atoms with Gasteiger partial charge in [-0.3, -0.25) is 4.98 Å². The lowest BCUT2D eigenvalue weighted by Gasteiger charge is -2.41. The van der Waals surface area contributed by atoms with Gasteiger partial charge in [-0.1, -0.05) is 50.2 Å². The minimum atomic E-state index is -1.15. The maximum Gasteiger partial charge on any atom is 0.337 e. The van der Waals surface area contributed by atoms with Crippen molar-refractivity contribution in [2.24, 2.45) is 5.41 Å². The van der Waals surface area contributed by atoms with Crippen molar-refractivity contribution < 1.29 is 19.1 Å². The lowest BCUT2D eigenvalue weighted by atomic mass is 9.82. The Kier molecular flexibility index (Phi) is 8.23. The van der Waals surface area contributed by atoms with E-state index in [1.54, 1.807) is 6.33 Å². The van der Waals surface area contributed by atoms with Gasteiger partial charge in [0.25, 0.3) is 0 Å². The first-order valence-corrected chi connectivity index (χ1v) is 15.9. The number of hydrogen-bond acceptors (Lipinski definition) is 8. The van der Waals surface area contributed by atoms with Gasteiger partial charge in [0.15, 0.2) is 17.5 Å². The fourth-order valence-corrected chi connectivity index (χ4v) is 6.32. The number of fused-ring (bicyclic) bond motifs is 3. The number of furan rings is 1. The van der Waals surface area contributed by atoms with E-state index < -0.39 is 17.7 Å². The molecular formula is C37H43N5O4. The summed E-state index contributed by atoms with van der Waals surface area (Å²) in [7, 11) is 2.00. The molecular weight excluding hydrogens is 578 g/mol. The van der Waals surface area contributed by atoms with Crippen LogP contribution in [-0.4, -0.2) is 51.8 Å². The molecule has 240 valence electrons. The Hall–Kier alpha value is -4.50. The molecule has 0 unspecified atom stereocenters. The van der Waals surface area contributed by atoms with Crippen molar-refractivity contribution in [2.45, 2.75) is 72.6 Å². The first-order valence-electron chi connectivity index (χ1n) is 15.9. The van der Waals surface area contributed by atoms with E-state index >= 15 is 0 Å². The maximum atomic E-state index is 12.7. The number of para-hydroxylation sites is 1. The van der Waals surface area contributed by atoms with Crippen molar-refractivity contribution in [3.05, 3.63) is 77.9 Å². The molecule has 1 fully saturated rings. The summed E-state index contributed by atoms with van der Waals surface area (Å²) >= 11 is 0. The highest BCUT2D eigenvalue weighted by Gasteiger charge is 2.35. The molecule has 1 aliphatic rings. The summed E-state index contributed by atoms with van der Waals surface area (Å²) < 4.78 is 12.4. The van der Waals surface area contributed by atoms with Gasteiger partial charge in [-0.25, -0.2) is 14.8 Å². The number of rotatable bonds is 8. The Labute approximate surface area is 270 Å². The summed E-state index contributed by atoms with van der Waals surface area (Å²) in [6.45, 7) is 14.4. The molecule has 9 nitrogen and oxygen atoms in total. The van der Waals surface area contributed by atoms with Crippen molar-refractivity contribution in [3.8, 4) is 11.1 Å². The van der Waals surface area contributed by atoms with E-state index in [9.17, 15) is 9.90 Å². The Morgan fingerprint density at radius 3 is 2.43 bits per heavy atom. The fourth-order valence-electron chi connectivity index (χ4n) is 6.32. The Morgan fingerprint density at radius 1 is 1.07 bits per heavy atom. The standard InChI is InChI=1S/C37H43N5O4/c1-23-29(32(35(43)44)46-36(2,3)4)31(42-18-16-37(5,6)17-19-42)27(20-38-23)25-14-12-24(13-15-25)21-41(7)34-33-30(39-22-40-34)26-10-8-9-11-28(26)45-33/h8-15,20,22,32H,16-19,21H2,1-7H3,(H,43,44)/t32-/m0/s1. The maximum absolute atomic E-state index is 12.7. The Morgan fingerprint density at radius 2 is 1.76 bits per heavy atom. The number of aromatic nitrogens is 3. The number of hydrogen-bond donors (Lipinski definition) is 1. The highest BCUT2D eigenvalue weighted by molar-refractivity contribution is 6.05. The van der Waals surface area contributed by atoms with Gasteiger partial charge in [0.05, 0.1) is 11.3 Å². The summed E-state index contributed by atoms with van der Waals surface area (Å²) in [4.78, 5) is 30.9. The third-order valence-electron chi connectivity index (χ3n) is 8.86. The van der Waals surface area contributed by atoms with Gasteiger partial charge in [0, 0.05) is 55.1 Å². The molecule has 4 heterocycles. The van der Waals surface area contributed by atoms with Crippen LogP contribution in [0.2, 0.25) is 0 Å². The molecule has 0 amide bonds. The molecule has 46 heavy (non-hydrogen) atoms. The summed E-state index contributed by atoms with van der Waals surface area (Å²) in [5, 5.41) is 11.4. The first-order chi connectivity index (χ1) is 21.8. The minimum Gasteiger partial charge on any atom is -0.479 e. The third kappa shape index (κ3) is 6.29.